The summed E-state index contributed by atoms with van der Waals surface area (Å²) in [5.74, 6) is 2.79. The zero-order chi connectivity index (χ0) is 20.3. The number of amides is 1. The largest absolute Gasteiger partial charge is 0.454 e. The summed E-state index contributed by atoms with van der Waals surface area (Å²) in [7, 11) is 0. The maximum Gasteiger partial charge on any atom is 0.273 e. The van der Waals surface area contributed by atoms with Crippen molar-refractivity contribution in [2.45, 2.75) is 64.1 Å². The van der Waals surface area contributed by atoms with Crippen LogP contribution in [0.2, 0.25) is 0 Å². The van der Waals surface area contributed by atoms with Crippen molar-refractivity contribution in [1.29, 1.82) is 0 Å². The molecular weight excluding hydrogens is 382 g/mol. The molecule has 0 atom stereocenters. The molecule has 0 bridgehead atoms. The minimum atomic E-state index is -0.229. The molecule has 2 heterocycles. The Hall–Kier alpha value is -2.54. The van der Waals surface area contributed by atoms with Crippen molar-refractivity contribution in [3.63, 3.8) is 0 Å². The van der Waals surface area contributed by atoms with Gasteiger partial charge in [0.1, 0.15) is 0 Å². The van der Waals surface area contributed by atoms with Gasteiger partial charge in [0, 0.05) is 25.2 Å². The van der Waals surface area contributed by atoms with Crippen LogP contribution in [0.25, 0.3) is 0 Å². The molecule has 2 fully saturated rings. The molecule has 2 saturated carbocycles. The maximum absolute atomic E-state index is 12.5. The maximum atomic E-state index is 12.5. The predicted octanol–water partition coefficient (Wildman–Crippen LogP) is 3.88. The Morgan fingerprint density at radius 1 is 1.07 bits per heavy atom. The van der Waals surface area contributed by atoms with E-state index in [2.05, 4.69) is 15.4 Å². The predicted molar refractivity (Wildman–Crippen MR) is 110 cm³/mol. The molecule has 160 valence electrons. The number of carbonyl (C=O) groups excluding carboxylic acids is 1. The summed E-state index contributed by atoms with van der Waals surface area (Å²) in [6.07, 6.45) is 9.32. The van der Waals surface area contributed by atoms with Crippen LogP contribution in [0.3, 0.4) is 0 Å². The van der Waals surface area contributed by atoms with Crippen molar-refractivity contribution < 1.29 is 18.8 Å². The van der Waals surface area contributed by atoms with E-state index < -0.39 is 0 Å². The third kappa shape index (κ3) is 4.61. The minimum absolute atomic E-state index is 0.229. The third-order valence-electron chi connectivity index (χ3n) is 6.32. The van der Waals surface area contributed by atoms with Crippen molar-refractivity contribution >= 4 is 5.91 Å². The molecule has 2 aliphatic carbocycles. The van der Waals surface area contributed by atoms with Crippen LogP contribution in [0.5, 0.6) is 11.5 Å². The van der Waals surface area contributed by atoms with Crippen molar-refractivity contribution in [3.05, 3.63) is 41.3 Å². The van der Waals surface area contributed by atoms with Gasteiger partial charge in [-0.1, -0.05) is 30.5 Å². The van der Waals surface area contributed by atoms with E-state index in [-0.39, 0.29) is 12.7 Å². The number of nitrogens with one attached hydrogen (secondary N) is 1. The molecule has 0 spiro atoms. The van der Waals surface area contributed by atoms with Gasteiger partial charge in [-0.2, -0.15) is 0 Å². The van der Waals surface area contributed by atoms with Gasteiger partial charge in [0.25, 0.3) is 5.91 Å². The molecule has 0 saturated heterocycles. The highest BCUT2D eigenvalue weighted by Crippen LogP contribution is 2.33. The first kappa shape index (κ1) is 19.4. The first-order valence-electron chi connectivity index (χ1n) is 11.1. The molecule has 1 aliphatic heterocycles. The SMILES string of the molecule is O=C(NCc1ccc2c(c1)OCO2)c1cc(CN(CC2CCCCC2)C2CC2)on1. The molecule has 30 heavy (non-hydrogen) atoms. The fourth-order valence-electron chi connectivity index (χ4n) is 4.50. The number of fused-ring (bicyclic) bond motifs is 1. The summed E-state index contributed by atoms with van der Waals surface area (Å²) < 4.78 is 16.2. The second kappa shape index (κ2) is 8.68. The molecular formula is C23H29N3O4. The van der Waals surface area contributed by atoms with Crippen LogP contribution in [0.1, 0.15) is 66.8 Å². The van der Waals surface area contributed by atoms with Gasteiger partial charge in [-0.25, -0.2) is 0 Å². The number of nitrogens with zero attached hydrogens (tertiary/aromatic N) is 2. The molecule has 2 aromatic rings. The minimum Gasteiger partial charge on any atom is -0.454 e. The van der Waals surface area contributed by atoms with Gasteiger partial charge in [0.05, 0.1) is 6.54 Å². The Kier molecular flexibility index (Phi) is 5.62. The van der Waals surface area contributed by atoms with Gasteiger partial charge in [0.2, 0.25) is 6.79 Å². The molecule has 0 unspecified atom stereocenters. The van der Waals surface area contributed by atoms with Crippen LogP contribution in [0.4, 0.5) is 0 Å². The van der Waals surface area contributed by atoms with Crippen LogP contribution in [0, 0.1) is 5.92 Å². The van der Waals surface area contributed by atoms with E-state index in [0.717, 1.165) is 36.1 Å². The fourth-order valence-corrected chi connectivity index (χ4v) is 4.50. The first-order valence-corrected chi connectivity index (χ1v) is 11.1. The van der Waals surface area contributed by atoms with Crippen LogP contribution in [-0.2, 0) is 13.1 Å². The van der Waals surface area contributed by atoms with Crippen LogP contribution >= 0.6 is 0 Å². The van der Waals surface area contributed by atoms with E-state index in [4.69, 9.17) is 14.0 Å². The van der Waals surface area contributed by atoms with E-state index in [9.17, 15) is 4.79 Å². The smallest absolute Gasteiger partial charge is 0.273 e. The van der Waals surface area contributed by atoms with Gasteiger partial charge in [-0.3, -0.25) is 9.69 Å². The van der Waals surface area contributed by atoms with Crippen molar-refractivity contribution in [3.8, 4) is 11.5 Å². The second-order valence-corrected chi connectivity index (χ2v) is 8.71. The number of carbonyl (C=O) groups is 1. The number of hydrogen-bond donors (Lipinski definition) is 1. The van der Waals surface area contributed by atoms with E-state index in [1.807, 2.05) is 18.2 Å². The molecule has 1 N–H and O–H groups in total. The Morgan fingerprint density at radius 2 is 1.90 bits per heavy atom. The summed E-state index contributed by atoms with van der Waals surface area (Å²) in [5, 5.41) is 6.91. The Balaban J connectivity index is 1.15. The highest BCUT2D eigenvalue weighted by Gasteiger charge is 2.32. The molecule has 3 aliphatic rings. The van der Waals surface area contributed by atoms with Crippen LogP contribution in [-0.4, -0.2) is 35.3 Å². The Bertz CT molecular complexity index is 886. The average molecular weight is 412 g/mol. The Morgan fingerprint density at radius 3 is 2.73 bits per heavy atom. The first-order chi connectivity index (χ1) is 14.7. The number of aromatic nitrogens is 1. The topological polar surface area (TPSA) is 76.8 Å². The van der Waals surface area contributed by atoms with Crippen molar-refractivity contribution in [2.24, 2.45) is 5.92 Å². The number of benzene rings is 1. The van der Waals surface area contributed by atoms with E-state index >= 15 is 0 Å². The lowest BCUT2D eigenvalue weighted by molar-refractivity contribution is 0.0941. The second-order valence-electron chi connectivity index (χ2n) is 8.71. The molecule has 0 radical (unpaired) electrons. The summed E-state index contributed by atoms with van der Waals surface area (Å²) in [4.78, 5) is 15.0. The lowest BCUT2D eigenvalue weighted by Gasteiger charge is -2.29. The quantitative estimate of drug-likeness (QED) is 0.710. The highest BCUT2D eigenvalue weighted by molar-refractivity contribution is 5.92. The van der Waals surface area contributed by atoms with Crippen molar-refractivity contribution in [1.82, 2.24) is 15.4 Å². The summed E-state index contributed by atoms with van der Waals surface area (Å²) in [6.45, 7) is 2.51. The summed E-state index contributed by atoms with van der Waals surface area (Å²) in [6, 6.07) is 8.11. The molecule has 7 heteroatoms. The lowest BCUT2D eigenvalue weighted by Crippen LogP contribution is -2.32. The normalized spacial score (nSPS) is 18.7. The third-order valence-corrected chi connectivity index (χ3v) is 6.32. The zero-order valence-corrected chi connectivity index (χ0v) is 17.3. The number of hydrogen-bond acceptors (Lipinski definition) is 6. The molecule has 1 aromatic carbocycles. The summed E-state index contributed by atoms with van der Waals surface area (Å²) in [5.41, 5.74) is 1.28. The van der Waals surface area contributed by atoms with Gasteiger partial charge >= 0.3 is 0 Å². The molecule has 1 aromatic heterocycles. The van der Waals surface area contributed by atoms with Gasteiger partial charge in [-0.05, 0) is 49.3 Å². The fraction of sp³-hybridized carbons (Fsp3) is 0.565. The molecule has 1 amide bonds. The summed E-state index contributed by atoms with van der Waals surface area (Å²) >= 11 is 0. The van der Waals surface area contributed by atoms with Crippen LogP contribution < -0.4 is 14.8 Å². The standard InChI is InChI=1S/C23H29N3O4/c27-23(24-12-17-6-9-21-22(10-17)29-15-28-21)20-11-19(30-25-20)14-26(18-7-8-18)13-16-4-2-1-3-5-16/h6,9-11,16,18H,1-5,7-8,12-15H2,(H,24,27). The monoisotopic (exact) mass is 411 g/mol. The van der Waals surface area contributed by atoms with E-state index in [1.54, 1.807) is 6.07 Å². The van der Waals surface area contributed by atoms with Gasteiger partial charge < -0.3 is 19.3 Å². The number of rotatable bonds is 8. The highest BCUT2D eigenvalue weighted by atomic mass is 16.7. The average Bonchev–Trinajstić information content (AvgIpc) is 3.33. The van der Waals surface area contributed by atoms with Crippen LogP contribution in [0.15, 0.2) is 28.8 Å². The molecule has 5 rings (SSSR count). The van der Waals surface area contributed by atoms with E-state index in [0.29, 0.717) is 24.0 Å². The van der Waals surface area contributed by atoms with Crippen molar-refractivity contribution in [2.75, 3.05) is 13.3 Å². The van der Waals surface area contributed by atoms with Gasteiger partial charge in [-0.15, -0.1) is 0 Å². The molecule has 7 nitrogen and oxygen atoms in total. The van der Waals surface area contributed by atoms with Gasteiger partial charge in [0.15, 0.2) is 23.0 Å². The zero-order valence-electron chi connectivity index (χ0n) is 17.3. The lowest BCUT2D eigenvalue weighted by atomic mass is 9.89. The number of ether oxygens (including phenoxy) is 2. The Labute approximate surface area is 176 Å². The van der Waals surface area contributed by atoms with E-state index in [1.165, 1.54) is 44.9 Å².